The number of fused-ring (bicyclic) bond motifs is 2. The molecular weight excluding hydrogens is 1620 g/mol. The highest BCUT2D eigenvalue weighted by atomic mass is 127. The fraction of sp³-hybridized carbons (Fsp3) is 0.186. The average molecular weight is 1720 g/mol. The summed E-state index contributed by atoms with van der Waals surface area (Å²) in [5.74, 6) is 6.24. The second-order valence-electron chi connectivity index (χ2n) is 26.4. The van der Waals surface area contributed by atoms with Crippen molar-refractivity contribution in [3.63, 3.8) is 0 Å². The summed E-state index contributed by atoms with van der Waals surface area (Å²) >= 11 is 0. The van der Waals surface area contributed by atoms with Crippen molar-refractivity contribution in [3.8, 4) is 17.2 Å². The Bertz CT molecular complexity index is 4940. The molecule has 9 aromatic carbocycles. The number of alkyl halides is 3. The zero-order valence-electron chi connectivity index (χ0n) is 64.1. The number of benzene rings is 9. The van der Waals surface area contributed by atoms with E-state index in [1.54, 1.807) is 103 Å². The average Bonchev–Trinajstić information content (AvgIpc) is 1.60. The highest BCUT2D eigenvalue weighted by Gasteiger charge is 2.43. The minimum Gasteiger partial charge on any atom is -1.00 e. The van der Waals surface area contributed by atoms with Crippen LogP contribution in [-0.4, -0.2) is 76.3 Å². The van der Waals surface area contributed by atoms with Crippen molar-refractivity contribution in [2.24, 2.45) is 10.2 Å². The summed E-state index contributed by atoms with van der Waals surface area (Å²) in [6.45, 7) is 23.5. The van der Waals surface area contributed by atoms with Crippen LogP contribution in [0.5, 0.6) is 17.2 Å². The Morgan fingerprint density at radius 2 is 0.956 bits per heavy atom. The van der Waals surface area contributed by atoms with Gasteiger partial charge in [-0.25, -0.2) is 14.7 Å². The first kappa shape index (κ1) is 90.0. The highest BCUT2D eigenvalue weighted by Crippen LogP contribution is 2.51. The predicted molar refractivity (Wildman–Crippen MR) is 452 cm³/mol. The third-order valence-corrected chi connectivity index (χ3v) is 23.7. The van der Waals surface area contributed by atoms with Crippen molar-refractivity contribution < 1.29 is 82.9 Å². The second kappa shape index (κ2) is 42.6. The maximum Gasteiger partial charge on any atom is 0.412 e. The molecule has 2 aliphatic rings. The van der Waals surface area contributed by atoms with E-state index in [2.05, 4.69) is 190 Å². The van der Waals surface area contributed by atoms with Gasteiger partial charge in [-0.05, 0) is 147 Å². The number of hydrogen-bond acceptors (Lipinski definition) is 13. The van der Waals surface area contributed by atoms with E-state index in [-0.39, 0.29) is 40.7 Å². The highest BCUT2D eigenvalue weighted by molar-refractivity contribution is 7.64. The first-order chi connectivity index (χ1) is 53.5. The largest absolute Gasteiger partial charge is 1.00 e. The van der Waals surface area contributed by atoms with Gasteiger partial charge in [0.05, 0.1) is 16.8 Å². The number of para-hydroxylation sites is 7. The number of hydrogen-bond donors (Lipinski definition) is 5. The van der Waals surface area contributed by atoms with Gasteiger partial charge in [-0.1, -0.05) is 186 Å². The zero-order valence-corrected chi connectivity index (χ0v) is 69.9. The zero-order chi connectivity index (χ0) is 80.8. The number of azo groups is 1. The third kappa shape index (κ3) is 27.3. The van der Waals surface area contributed by atoms with Crippen LogP contribution in [0.4, 0.5) is 53.0 Å². The second-order valence-corrected chi connectivity index (χ2v) is 34.6. The van der Waals surface area contributed by atoms with Gasteiger partial charge >= 0.3 is 36.3 Å². The Labute approximate surface area is 679 Å². The lowest BCUT2D eigenvalue weighted by atomic mass is 9.81. The molecule has 0 spiro atoms. The molecule has 1 amide bonds. The summed E-state index contributed by atoms with van der Waals surface area (Å²) in [6, 6.07) is 76.3. The van der Waals surface area contributed by atoms with Crippen LogP contribution in [0.15, 0.2) is 345 Å². The molecule has 592 valence electrons. The molecular formula is C86H96F3IN10O9P4. The Morgan fingerprint density at radius 1 is 0.522 bits per heavy atom. The van der Waals surface area contributed by atoms with Gasteiger partial charge in [0.15, 0.2) is 12.3 Å². The number of halogens is 4. The smallest absolute Gasteiger partial charge is 0.412 e. The maximum atomic E-state index is 13.4. The molecule has 5 N–H and O–H groups in total. The maximum absolute atomic E-state index is 13.4. The Morgan fingerprint density at radius 3 is 1.43 bits per heavy atom. The van der Waals surface area contributed by atoms with Crippen molar-refractivity contribution in [2.45, 2.75) is 51.1 Å². The van der Waals surface area contributed by atoms with Crippen LogP contribution in [0.25, 0.3) is 0 Å². The van der Waals surface area contributed by atoms with Crippen LogP contribution in [0.1, 0.15) is 55.6 Å². The van der Waals surface area contributed by atoms with Crippen molar-refractivity contribution in [1.82, 2.24) is 15.5 Å². The van der Waals surface area contributed by atoms with Crippen LogP contribution in [-0.2, 0) is 33.6 Å². The van der Waals surface area contributed by atoms with E-state index in [1.165, 1.54) is 51.4 Å². The molecule has 27 heteroatoms. The molecule has 2 heterocycles. The Balaban J connectivity index is 0.000000223. The first-order valence-electron chi connectivity index (χ1n) is 35.8. The Hall–Kier alpha value is -10.2. The molecule has 0 radical (unpaired) electrons. The van der Waals surface area contributed by atoms with Gasteiger partial charge in [-0.3, -0.25) is 18.5 Å². The fourth-order valence-electron chi connectivity index (χ4n) is 11.6. The summed E-state index contributed by atoms with van der Waals surface area (Å²) < 4.78 is 110. The molecule has 9 aromatic rings. The molecule has 113 heavy (non-hydrogen) atoms. The van der Waals surface area contributed by atoms with E-state index in [1.807, 2.05) is 116 Å². The van der Waals surface area contributed by atoms with Gasteiger partial charge in [0.1, 0.15) is 24.3 Å². The summed E-state index contributed by atoms with van der Waals surface area (Å²) in [7, 11) is -7.22. The lowest BCUT2D eigenvalue weighted by molar-refractivity contribution is -0.401. The molecule has 19 nitrogen and oxygen atoms in total. The lowest BCUT2D eigenvalue weighted by Crippen LogP contribution is -3.00. The monoisotopic (exact) mass is 1720 g/mol. The van der Waals surface area contributed by atoms with Crippen LogP contribution >= 0.6 is 30.1 Å². The molecule has 4 atom stereocenters. The quantitative estimate of drug-likeness (QED) is 0.00662. The predicted octanol–water partition coefficient (Wildman–Crippen LogP) is 20.3. The van der Waals surface area contributed by atoms with E-state index in [4.69, 9.17) is 13.6 Å². The molecule has 0 bridgehead atoms. The number of nitrogens with zero attached hydrogens (tertiary/aromatic N) is 5. The standard InChI is InChI=1S/C36H41N3O2P.C26H30N5O3P.C14H14NO2P.C10H11F3NO2P.HI/c1-7-42(40,41-28-18-10-8-11-19-28)37-26-27-39-32-23-17-15-21-30(32)36(4,5)34(39)25-13-9-12-24-33-35(2,3)29-20-14-16-22-31(29)38(33)6;1-4-35(33,34-25-9-6-5-7-10-25)28-20-8-19-27-26(32)21-11-13-22(14-12-21)29-30-23-15-17-24(18-16-23)31(2)3;1-2-18(16,15-13-9-5-3-6-10-13)17-14-11-7-4-8-12-14;1-2-17(15,16-8-10(11,12)13)14-9-6-4-3-5-7-9;/h7-25H,1,26-27H2,2-6H3,(H,37,40);4-7,9-18H,1,8,19-20H2,2-3H3,(H,27,32)(H,28,33);2-12H,1H2,(H,15,16);2-7H,1,8H2,(H,14,15);1H/q+1;;;;/p-1. The minimum atomic E-state index is -4.53. The summed E-state index contributed by atoms with van der Waals surface area (Å²) in [4.78, 5) is 16.7. The van der Waals surface area contributed by atoms with Gasteiger partial charge in [0, 0.05) is 121 Å². The van der Waals surface area contributed by atoms with Gasteiger partial charge in [-0.15, -0.1) is 0 Å². The number of amides is 1. The van der Waals surface area contributed by atoms with E-state index >= 15 is 0 Å². The number of carbonyl (C=O) groups is 1. The summed E-state index contributed by atoms with van der Waals surface area (Å²) in [5.41, 5.74) is 11.4. The number of anilines is 4. The molecule has 0 saturated carbocycles. The number of allylic oxidation sites excluding steroid dienone is 6. The number of rotatable bonds is 32. The Kier molecular flexibility index (Phi) is 34.0. The fourth-order valence-corrected chi connectivity index (χ4v) is 16.1. The number of carbonyl (C=O) groups excluding carboxylic acids is 1. The van der Waals surface area contributed by atoms with E-state index < -0.39 is 42.9 Å². The van der Waals surface area contributed by atoms with E-state index in [0.717, 1.165) is 22.9 Å². The first-order valence-corrected chi connectivity index (χ1v) is 42.6. The van der Waals surface area contributed by atoms with Crippen LogP contribution in [0.3, 0.4) is 0 Å². The van der Waals surface area contributed by atoms with Gasteiger partial charge in [-0.2, -0.15) is 28.0 Å². The van der Waals surface area contributed by atoms with E-state index in [0.29, 0.717) is 66.8 Å². The van der Waals surface area contributed by atoms with Gasteiger partial charge in [0.2, 0.25) is 5.69 Å². The van der Waals surface area contributed by atoms with Crippen molar-refractivity contribution in [1.29, 1.82) is 0 Å². The third-order valence-electron chi connectivity index (χ3n) is 17.3. The molecule has 0 fully saturated rings. The molecule has 4 unspecified atom stereocenters. The summed E-state index contributed by atoms with van der Waals surface area (Å²) in [6.07, 6.45) is 6.78. The minimum absolute atomic E-state index is 0. The van der Waals surface area contributed by atoms with Crippen LogP contribution in [0.2, 0.25) is 0 Å². The SMILES string of the molecule is C=CP(=O)(NCCCNC(=O)c1ccc(N=Nc2ccc(N(C)C)cc2)cc1)Oc1ccccc1.C=CP(=O)(NCCN1/C(=C/C=C/C=C/C2=[N+](C)c3ccccc3C2(C)C)C(C)(C)c2ccccc21)Oc1ccccc1.C=CP(=O)(Nc1ccccc1)OCC(F)(F)F.C=CP(=O)(Nc1ccccc1)Oc1ccccc1.[I-]. The van der Waals surface area contributed by atoms with Gasteiger partial charge in [0.25, 0.3) is 5.91 Å². The topological polar surface area (TPSA) is 217 Å². The molecule has 11 rings (SSSR count). The van der Waals surface area contributed by atoms with Crippen LogP contribution in [0, 0.1) is 0 Å². The van der Waals surface area contributed by atoms with Gasteiger partial charge < -0.3 is 67.4 Å². The molecule has 0 aromatic heterocycles. The van der Waals surface area contributed by atoms with Crippen LogP contribution < -0.4 is 73.0 Å². The normalized spacial score (nSPS) is 15.5. The summed E-state index contributed by atoms with van der Waals surface area (Å²) in [5, 5.41) is 22.6. The van der Waals surface area contributed by atoms with Crippen molar-refractivity contribution >= 4 is 81.5 Å². The molecule has 0 aliphatic carbocycles. The number of nitrogens with one attached hydrogen (secondary N) is 5. The molecule has 2 aliphatic heterocycles. The van der Waals surface area contributed by atoms with Crippen molar-refractivity contribution in [3.05, 3.63) is 351 Å². The van der Waals surface area contributed by atoms with E-state index in [9.17, 15) is 36.2 Å². The lowest BCUT2D eigenvalue weighted by Gasteiger charge is -2.27. The van der Waals surface area contributed by atoms with Crippen molar-refractivity contribution in [2.75, 3.05) is 73.9 Å². The molecule has 0 saturated heterocycles.